The maximum atomic E-state index is 13.9. The molecule has 6 rings (SSSR count). The number of hydrogen-bond acceptors (Lipinski definition) is 5. The van der Waals surface area contributed by atoms with Crippen LogP contribution in [0.1, 0.15) is 24.0 Å². The fourth-order valence-corrected chi connectivity index (χ4v) is 6.80. The molecule has 7 nitrogen and oxygen atoms in total. The number of aliphatic hydroxyl groups excluding tert-OH is 1. The fourth-order valence-electron chi connectivity index (χ4n) is 6.28. The van der Waals surface area contributed by atoms with E-state index in [0.29, 0.717) is 39.1 Å². The van der Waals surface area contributed by atoms with Crippen LogP contribution in [0.3, 0.4) is 0 Å². The minimum Gasteiger partial charge on any atom is -0.392 e. The second-order valence-corrected chi connectivity index (χ2v) is 9.68. The number of fused-ring (bicyclic) bond motifs is 7. The number of anilines is 2. The monoisotopic (exact) mass is 471 g/mol. The molecule has 2 N–H and O–H groups in total. The van der Waals surface area contributed by atoms with Gasteiger partial charge in [-0.2, -0.15) is 0 Å². The normalized spacial score (nSPS) is 30.8. The Morgan fingerprint density at radius 1 is 1.06 bits per heavy atom. The van der Waals surface area contributed by atoms with Crippen molar-refractivity contribution in [2.45, 2.75) is 31.0 Å². The molecule has 2 aromatic rings. The lowest BCUT2D eigenvalue weighted by atomic mass is 9.75. The molecule has 9 heteroatoms. The Morgan fingerprint density at radius 2 is 1.81 bits per heavy atom. The maximum absolute atomic E-state index is 13.9. The number of rotatable bonds is 2. The first-order chi connectivity index (χ1) is 15.4. The van der Waals surface area contributed by atoms with E-state index in [1.807, 2.05) is 0 Å². The Kier molecular flexibility index (Phi) is 4.27. The molecule has 0 radical (unpaired) electrons. The third kappa shape index (κ3) is 2.37. The summed E-state index contributed by atoms with van der Waals surface area (Å²) in [6.45, 7) is 0.477. The lowest BCUT2D eigenvalue weighted by molar-refractivity contribution is -0.135. The van der Waals surface area contributed by atoms with Gasteiger partial charge in [0.2, 0.25) is 17.7 Å². The van der Waals surface area contributed by atoms with Crippen LogP contribution in [0.25, 0.3) is 0 Å². The summed E-state index contributed by atoms with van der Waals surface area (Å²) in [5.74, 6) is -2.51. The summed E-state index contributed by atoms with van der Waals surface area (Å²) in [6.07, 6.45) is 1.58. The molecule has 0 saturated carbocycles. The number of carbonyl (C=O) groups is 3. The molecular weight excluding hydrogens is 453 g/mol. The van der Waals surface area contributed by atoms with E-state index in [2.05, 4.69) is 10.2 Å². The van der Waals surface area contributed by atoms with Crippen LogP contribution in [0.5, 0.6) is 0 Å². The minimum absolute atomic E-state index is 0.157. The van der Waals surface area contributed by atoms with E-state index >= 15 is 0 Å². The van der Waals surface area contributed by atoms with Gasteiger partial charge in [-0.05, 0) is 49.2 Å². The molecule has 3 saturated heterocycles. The smallest absolute Gasteiger partial charge is 0.250 e. The van der Waals surface area contributed by atoms with Crippen LogP contribution in [0.15, 0.2) is 36.4 Å². The van der Waals surface area contributed by atoms with Gasteiger partial charge in [-0.1, -0.05) is 35.3 Å². The van der Waals surface area contributed by atoms with E-state index in [1.54, 1.807) is 30.3 Å². The van der Waals surface area contributed by atoms with Crippen LogP contribution in [0.2, 0.25) is 10.0 Å². The van der Waals surface area contributed by atoms with Gasteiger partial charge in [-0.3, -0.25) is 19.3 Å². The molecule has 0 bridgehead atoms. The van der Waals surface area contributed by atoms with Crippen molar-refractivity contribution in [3.63, 3.8) is 0 Å². The standard InChI is InChI=1S/C23H19Cl2N3O4/c24-12-7-13(25)9-14(8-12)28-20(30)18-17-2-1-5-27(17)23(19(18)21(28)31)15-4-3-11(10-29)6-16(15)26-22(23)32/h3-4,6-9,17-19,29H,1-2,5,10H2,(H,26,32). The summed E-state index contributed by atoms with van der Waals surface area (Å²) < 4.78 is 0. The number of nitrogens with one attached hydrogen (secondary N) is 1. The zero-order valence-electron chi connectivity index (χ0n) is 16.8. The molecule has 2 aromatic carbocycles. The predicted octanol–water partition coefficient (Wildman–Crippen LogP) is 2.92. The molecule has 164 valence electrons. The molecule has 3 amide bonds. The second-order valence-electron chi connectivity index (χ2n) is 8.80. The highest BCUT2D eigenvalue weighted by Gasteiger charge is 2.74. The van der Waals surface area contributed by atoms with Crippen molar-refractivity contribution in [1.29, 1.82) is 0 Å². The number of hydrogen-bond donors (Lipinski definition) is 2. The zero-order chi connectivity index (χ0) is 22.4. The third-order valence-electron chi connectivity index (χ3n) is 7.35. The molecule has 0 aliphatic carbocycles. The molecule has 3 fully saturated rings. The second kappa shape index (κ2) is 6.78. The average Bonchev–Trinajstić information content (AvgIpc) is 3.44. The average molecular weight is 472 g/mol. The van der Waals surface area contributed by atoms with E-state index in [1.165, 1.54) is 6.07 Å². The predicted molar refractivity (Wildman–Crippen MR) is 118 cm³/mol. The summed E-state index contributed by atoms with van der Waals surface area (Å²) in [5, 5.41) is 13.1. The van der Waals surface area contributed by atoms with Crippen LogP contribution >= 0.6 is 23.2 Å². The van der Waals surface area contributed by atoms with E-state index in [-0.39, 0.29) is 24.5 Å². The number of halogens is 2. The quantitative estimate of drug-likeness (QED) is 0.657. The molecule has 1 spiro atoms. The van der Waals surface area contributed by atoms with Gasteiger partial charge in [0.15, 0.2) is 0 Å². The number of benzene rings is 2. The van der Waals surface area contributed by atoms with Crippen LogP contribution in [0.4, 0.5) is 11.4 Å². The molecule has 4 unspecified atom stereocenters. The summed E-state index contributed by atoms with van der Waals surface area (Å²) in [5.41, 5.74) is 1.00. The molecule has 4 heterocycles. The first-order valence-corrected chi connectivity index (χ1v) is 11.3. The number of nitrogens with zero attached hydrogens (tertiary/aromatic N) is 2. The maximum Gasteiger partial charge on any atom is 0.250 e. The van der Waals surface area contributed by atoms with Gasteiger partial charge in [-0.25, -0.2) is 4.90 Å². The van der Waals surface area contributed by atoms with E-state index in [9.17, 15) is 19.5 Å². The summed E-state index contributed by atoms with van der Waals surface area (Å²) in [6, 6.07) is 9.71. The third-order valence-corrected chi connectivity index (χ3v) is 7.78. The van der Waals surface area contributed by atoms with Crippen LogP contribution in [-0.2, 0) is 26.5 Å². The zero-order valence-corrected chi connectivity index (χ0v) is 18.4. The number of amides is 3. The van der Waals surface area contributed by atoms with Crippen molar-refractivity contribution in [2.75, 3.05) is 16.8 Å². The van der Waals surface area contributed by atoms with Crippen molar-refractivity contribution in [3.8, 4) is 0 Å². The SMILES string of the molecule is O=C1C2C3CCCN3C3(C(=O)Nc4cc(CO)ccc43)C2C(=O)N1c1cc(Cl)cc(Cl)c1. The van der Waals surface area contributed by atoms with Gasteiger partial charge < -0.3 is 10.4 Å². The van der Waals surface area contributed by atoms with Crippen LogP contribution < -0.4 is 10.2 Å². The lowest BCUT2D eigenvalue weighted by Gasteiger charge is -2.36. The van der Waals surface area contributed by atoms with E-state index < -0.39 is 23.3 Å². The first kappa shape index (κ1) is 20.2. The summed E-state index contributed by atoms with van der Waals surface area (Å²) in [7, 11) is 0. The highest BCUT2D eigenvalue weighted by molar-refractivity contribution is 6.36. The number of imide groups is 1. The highest BCUT2D eigenvalue weighted by Crippen LogP contribution is 2.60. The summed E-state index contributed by atoms with van der Waals surface area (Å²) in [4.78, 5) is 44.3. The minimum atomic E-state index is -1.25. The number of carbonyl (C=O) groups excluding carboxylic acids is 3. The largest absolute Gasteiger partial charge is 0.392 e. The van der Waals surface area contributed by atoms with Crippen LogP contribution in [-0.4, -0.2) is 40.3 Å². The summed E-state index contributed by atoms with van der Waals surface area (Å²) >= 11 is 12.3. The van der Waals surface area contributed by atoms with Gasteiger partial charge >= 0.3 is 0 Å². The Hall–Kier alpha value is -2.45. The van der Waals surface area contributed by atoms with Crippen molar-refractivity contribution < 1.29 is 19.5 Å². The van der Waals surface area contributed by atoms with Crippen molar-refractivity contribution in [1.82, 2.24) is 4.90 Å². The molecular formula is C23H19Cl2N3O4. The Morgan fingerprint density at radius 3 is 2.53 bits per heavy atom. The van der Waals surface area contributed by atoms with Gasteiger partial charge in [0, 0.05) is 27.3 Å². The van der Waals surface area contributed by atoms with E-state index in [0.717, 1.165) is 17.7 Å². The van der Waals surface area contributed by atoms with Gasteiger partial charge in [0.25, 0.3) is 0 Å². The molecule has 0 aromatic heterocycles. The number of aliphatic hydroxyl groups is 1. The Labute approximate surface area is 193 Å². The first-order valence-electron chi connectivity index (χ1n) is 10.5. The Balaban J connectivity index is 1.54. The molecule has 4 aliphatic rings. The molecule has 4 atom stereocenters. The van der Waals surface area contributed by atoms with Crippen molar-refractivity contribution in [3.05, 3.63) is 57.6 Å². The van der Waals surface area contributed by atoms with Crippen LogP contribution in [0, 0.1) is 11.8 Å². The van der Waals surface area contributed by atoms with Crippen molar-refractivity contribution >= 4 is 52.3 Å². The highest BCUT2D eigenvalue weighted by atomic mass is 35.5. The topological polar surface area (TPSA) is 90.0 Å². The van der Waals surface area contributed by atoms with Crippen molar-refractivity contribution in [2.24, 2.45) is 11.8 Å². The molecule has 32 heavy (non-hydrogen) atoms. The Bertz CT molecular complexity index is 1200. The van der Waals surface area contributed by atoms with Gasteiger partial charge in [-0.15, -0.1) is 0 Å². The lowest BCUT2D eigenvalue weighted by Crippen LogP contribution is -2.54. The van der Waals surface area contributed by atoms with Gasteiger partial charge in [0.05, 0.1) is 24.1 Å². The van der Waals surface area contributed by atoms with E-state index in [4.69, 9.17) is 23.2 Å². The fraction of sp³-hybridized carbons (Fsp3) is 0.348. The van der Waals surface area contributed by atoms with Gasteiger partial charge in [0.1, 0.15) is 5.54 Å². The molecule has 4 aliphatic heterocycles.